The van der Waals surface area contributed by atoms with Crippen LogP contribution in [0.4, 0.5) is 5.82 Å². The number of hydrogen-bond donors (Lipinski definition) is 1. The highest BCUT2D eigenvalue weighted by Crippen LogP contribution is 2.30. The molecule has 1 N–H and O–H groups in total. The molecule has 2 heterocycles. The first-order valence-electron chi connectivity index (χ1n) is 7.56. The fourth-order valence-electron chi connectivity index (χ4n) is 2.88. The Morgan fingerprint density at radius 2 is 2.16 bits per heavy atom. The van der Waals surface area contributed by atoms with Crippen LogP contribution in [0.1, 0.15) is 52.1 Å². The van der Waals surface area contributed by atoms with Crippen molar-refractivity contribution in [1.82, 2.24) is 15.3 Å². The molecule has 1 aromatic rings. The first-order chi connectivity index (χ1) is 9.26. The van der Waals surface area contributed by atoms with Crippen LogP contribution >= 0.6 is 0 Å². The Morgan fingerprint density at radius 1 is 1.32 bits per heavy atom. The van der Waals surface area contributed by atoms with E-state index in [0.29, 0.717) is 12.1 Å². The van der Waals surface area contributed by atoms with Crippen LogP contribution in [0.5, 0.6) is 0 Å². The van der Waals surface area contributed by atoms with E-state index in [1.807, 2.05) is 12.4 Å². The first-order valence-corrected chi connectivity index (χ1v) is 7.56. The molecule has 2 unspecified atom stereocenters. The second kappa shape index (κ2) is 6.85. The molecule has 1 saturated heterocycles. The van der Waals surface area contributed by atoms with Crippen LogP contribution in [-0.4, -0.2) is 28.6 Å². The van der Waals surface area contributed by atoms with Gasteiger partial charge in [0.05, 0.1) is 11.9 Å². The third-order valence-corrected chi connectivity index (χ3v) is 3.93. The van der Waals surface area contributed by atoms with Crippen molar-refractivity contribution < 1.29 is 0 Å². The van der Waals surface area contributed by atoms with Crippen molar-refractivity contribution >= 4 is 5.82 Å². The summed E-state index contributed by atoms with van der Waals surface area (Å²) in [7, 11) is 0. The van der Waals surface area contributed by atoms with Gasteiger partial charge < -0.3 is 10.2 Å². The van der Waals surface area contributed by atoms with Gasteiger partial charge in [0.25, 0.3) is 0 Å². The summed E-state index contributed by atoms with van der Waals surface area (Å²) in [5, 5.41) is 3.38. The van der Waals surface area contributed by atoms with E-state index < -0.39 is 0 Å². The Labute approximate surface area is 116 Å². The molecule has 4 heteroatoms. The highest BCUT2D eigenvalue weighted by molar-refractivity contribution is 5.41. The fraction of sp³-hybridized carbons (Fsp3) is 0.733. The van der Waals surface area contributed by atoms with Gasteiger partial charge in [-0.15, -0.1) is 0 Å². The van der Waals surface area contributed by atoms with E-state index in [0.717, 1.165) is 31.0 Å². The summed E-state index contributed by atoms with van der Waals surface area (Å²) < 4.78 is 0. The zero-order valence-electron chi connectivity index (χ0n) is 12.4. The van der Waals surface area contributed by atoms with Crippen LogP contribution in [0.2, 0.25) is 0 Å². The van der Waals surface area contributed by atoms with E-state index >= 15 is 0 Å². The second-order valence-electron chi connectivity index (χ2n) is 5.44. The van der Waals surface area contributed by atoms with Crippen LogP contribution in [0.15, 0.2) is 12.4 Å². The van der Waals surface area contributed by atoms with E-state index in [-0.39, 0.29) is 0 Å². The van der Waals surface area contributed by atoms with E-state index in [4.69, 9.17) is 4.98 Å². The number of nitrogens with zero attached hydrogens (tertiary/aromatic N) is 3. The maximum atomic E-state index is 4.78. The van der Waals surface area contributed by atoms with Crippen molar-refractivity contribution in [3.8, 4) is 0 Å². The molecular formula is C15H26N4. The number of aromatic nitrogens is 2. The van der Waals surface area contributed by atoms with Gasteiger partial charge in [0.1, 0.15) is 5.82 Å². The van der Waals surface area contributed by atoms with Gasteiger partial charge >= 0.3 is 0 Å². The van der Waals surface area contributed by atoms with Crippen LogP contribution in [-0.2, 0) is 6.54 Å². The fourth-order valence-corrected chi connectivity index (χ4v) is 2.88. The number of hydrogen-bond acceptors (Lipinski definition) is 4. The number of nitrogens with one attached hydrogen (secondary N) is 1. The Kier molecular flexibility index (Phi) is 5.14. The molecule has 0 aromatic carbocycles. The largest absolute Gasteiger partial charge is 0.350 e. The second-order valence-corrected chi connectivity index (χ2v) is 5.44. The van der Waals surface area contributed by atoms with Crippen LogP contribution in [0.3, 0.4) is 0 Å². The van der Waals surface area contributed by atoms with Crippen molar-refractivity contribution in [2.24, 2.45) is 0 Å². The Morgan fingerprint density at radius 3 is 2.89 bits per heavy atom. The van der Waals surface area contributed by atoms with Gasteiger partial charge in [-0.2, -0.15) is 0 Å². The van der Waals surface area contributed by atoms with E-state index in [2.05, 4.69) is 36.0 Å². The topological polar surface area (TPSA) is 41.1 Å². The molecule has 4 nitrogen and oxygen atoms in total. The summed E-state index contributed by atoms with van der Waals surface area (Å²) in [6, 6.07) is 1.21. The van der Waals surface area contributed by atoms with E-state index in [1.54, 1.807) is 0 Å². The predicted octanol–water partition coefficient (Wildman–Crippen LogP) is 2.74. The van der Waals surface area contributed by atoms with Gasteiger partial charge in [0, 0.05) is 24.8 Å². The molecule has 0 radical (unpaired) electrons. The molecule has 0 aliphatic carbocycles. The average molecular weight is 262 g/mol. The maximum Gasteiger partial charge on any atom is 0.147 e. The minimum Gasteiger partial charge on any atom is -0.350 e. The number of rotatable bonds is 6. The molecule has 2 atom stereocenters. The summed E-state index contributed by atoms with van der Waals surface area (Å²) in [6.45, 7) is 8.57. The minimum absolute atomic E-state index is 0.582. The summed E-state index contributed by atoms with van der Waals surface area (Å²) in [4.78, 5) is 11.6. The molecule has 1 fully saturated rings. The lowest BCUT2D eigenvalue weighted by molar-refractivity contribution is 0.613. The molecule has 1 aromatic heterocycles. The van der Waals surface area contributed by atoms with Crippen molar-refractivity contribution in [3.05, 3.63) is 18.1 Å². The Balaban J connectivity index is 2.08. The number of anilines is 1. The summed E-state index contributed by atoms with van der Waals surface area (Å²) in [5.74, 6) is 1.05. The SMILES string of the molecule is CCCNCc1cncc(N2C(C)CCC2CC)n1. The molecular weight excluding hydrogens is 236 g/mol. The van der Waals surface area contributed by atoms with Crippen LogP contribution < -0.4 is 10.2 Å². The predicted molar refractivity (Wildman–Crippen MR) is 79.3 cm³/mol. The molecule has 0 bridgehead atoms. The van der Waals surface area contributed by atoms with Gasteiger partial charge in [-0.1, -0.05) is 13.8 Å². The van der Waals surface area contributed by atoms with Crippen LogP contribution in [0, 0.1) is 0 Å². The summed E-state index contributed by atoms with van der Waals surface area (Å²) in [6.07, 6.45) is 8.65. The van der Waals surface area contributed by atoms with Crippen LogP contribution in [0.25, 0.3) is 0 Å². The minimum atomic E-state index is 0.582. The van der Waals surface area contributed by atoms with Gasteiger partial charge in [-0.25, -0.2) is 4.98 Å². The smallest absolute Gasteiger partial charge is 0.147 e. The van der Waals surface area contributed by atoms with E-state index in [9.17, 15) is 0 Å². The first kappa shape index (κ1) is 14.3. The molecule has 0 saturated carbocycles. The Bertz CT molecular complexity index is 393. The molecule has 1 aliphatic rings. The van der Waals surface area contributed by atoms with Crippen molar-refractivity contribution in [3.63, 3.8) is 0 Å². The average Bonchev–Trinajstić information content (AvgIpc) is 2.80. The zero-order chi connectivity index (χ0) is 13.7. The van der Waals surface area contributed by atoms with Gasteiger partial charge in [0.15, 0.2) is 0 Å². The van der Waals surface area contributed by atoms with Crippen molar-refractivity contribution in [2.45, 2.75) is 65.1 Å². The third-order valence-electron chi connectivity index (χ3n) is 3.93. The molecule has 0 amide bonds. The summed E-state index contributed by atoms with van der Waals surface area (Å²) >= 11 is 0. The quantitative estimate of drug-likeness (QED) is 0.800. The lowest BCUT2D eigenvalue weighted by atomic mass is 10.1. The normalized spacial score (nSPS) is 23.0. The highest BCUT2D eigenvalue weighted by Gasteiger charge is 2.30. The molecule has 106 valence electrons. The molecule has 0 spiro atoms. The third kappa shape index (κ3) is 3.44. The lowest BCUT2D eigenvalue weighted by Gasteiger charge is -2.29. The maximum absolute atomic E-state index is 4.78. The summed E-state index contributed by atoms with van der Waals surface area (Å²) in [5.41, 5.74) is 1.04. The lowest BCUT2D eigenvalue weighted by Crippen LogP contribution is -2.35. The molecule has 19 heavy (non-hydrogen) atoms. The van der Waals surface area contributed by atoms with Crippen molar-refractivity contribution in [1.29, 1.82) is 0 Å². The monoisotopic (exact) mass is 262 g/mol. The zero-order valence-corrected chi connectivity index (χ0v) is 12.4. The van der Waals surface area contributed by atoms with E-state index in [1.165, 1.54) is 19.3 Å². The van der Waals surface area contributed by atoms with Crippen molar-refractivity contribution in [2.75, 3.05) is 11.4 Å². The Hall–Kier alpha value is -1.16. The standard InChI is InChI=1S/C15H26N4/c1-4-8-16-9-13-10-17-11-15(18-13)19-12(3)6-7-14(19)5-2/h10-12,14,16H,4-9H2,1-3H3. The molecule has 2 rings (SSSR count). The van der Waals surface area contributed by atoms with Gasteiger partial charge in [0.2, 0.25) is 0 Å². The van der Waals surface area contributed by atoms with Gasteiger partial charge in [-0.05, 0) is 39.2 Å². The van der Waals surface area contributed by atoms with Gasteiger partial charge in [-0.3, -0.25) is 4.98 Å². The highest BCUT2D eigenvalue weighted by atomic mass is 15.3. The molecule has 1 aliphatic heterocycles.